The maximum Gasteiger partial charge on any atom is 0.175 e. The van der Waals surface area contributed by atoms with E-state index < -0.39 is 9.84 Å². The van der Waals surface area contributed by atoms with Crippen LogP contribution in [0.3, 0.4) is 0 Å². The Morgan fingerprint density at radius 3 is 2.54 bits per heavy atom. The zero-order valence-corrected chi connectivity index (χ0v) is 15.4. The van der Waals surface area contributed by atoms with Crippen LogP contribution in [0.2, 0.25) is 0 Å². The molecule has 3 aromatic rings. The molecule has 26 heavy (non-hydrogen) atoms. The van der Waals surface area contributed by atoms with Crippen LogP contribution in [0.15, 0.2) is 52.5 Å². The Morgan fingerprint density at radius 2 is 1.92 bits per heavy atom. The monoisotopic (exact) mass is 369 g/mol. The van der Waals surface area contributed by atoms with E-state index in [1.807, 2.05) is 35.8 Å². The lowest BCUT2D eigenvalue weighted by molar-refractivity contribution is 0.602. The highest BCUT2D eigenvalue weighted by atomic mass is 32.2. The summed E-state index contributed by atoms with van der Waals surface area (Å²) in [6, 6.07) is 13.0. The zero-order chi connectivity index (χ0) is 18.7. The highest BCUT2D eigenvalue weighted by Crippen LogP contribution is 2.25. The standard InChI is InChI=1S/C18H19N5O2S/c1-3-18-21-16-12-15(26(2,24)25)8-9-17(16)23(18)14-6-4-13(5-7-14)10-11-20-22-19/h4-9,12H,3,10-11H2,1-2H3. The number of imidazole rings is 1. The van der Waals surface area contributed by atoms with Crippen molar-refractivity contribution in [3.8, 4) is 5.69 Å². The van der Waals surface area contributed by atoms with E-state index in [0.29, 0.717) is 18.5 Å². The molecule has 7 nitrogen and oxygen atoms in total. The van der Waals surface area contributed by atoms with Crippen LogP contribution in [-0.2, 0) is 22.7 Å². The van der Waals surface area contributed by atoms with Crippen molar-refractivity contribution in [3.63, 3.8) is 0 Å². The fourth-order valence-corrected chi connectivity index (χ4v) is 3.54. The van der Waals surface area contributed by atoms with Gasteiger partial charge in [-0.2, -0.15) is 0 Å². The molecule has 1 aromatic heterocycles. The van der Waals surface area contributed by atoms with Crippen molar-refractivity contribution in [2.45, 2.75) is 24.7 Å². The number of fused-ring (bicyclic) bond motifs is 1. The van der Waals surface area contributed by atoms with Crippen LogP contribution in [-0.4, -0.2) is 30.8 Å². The predicted molar refractivity (Wildman–Crippen MR) is 101 cm³/mol. The number of hydrogen-bond acceptors (Lipinski definition) is 4. The summed E-state index contributed by atoms with van der Waals surface area (Å²) in [6.45, 7) is 2.45. The molecule has 1 heterocycles. The second-order valence-corrected chi connectivity index (χ2v) is 8.03. The lowest BCUT2D eigenvalue weighted by Crippen LogP contribution is -2.01. The van der Waals surface area contributed by atoms with Crippen LogP contribution in [0.5, 0.6) is 0 Å². The van der Waals surface area contributed by atoms with Crippen LogP contribution >= 0.6 is 0 Å². The highest BCUT2D eigenvalue weighted by molar-refractivity contribution is 7.90. The maximum atomic E-state index is 11.8. The molecular weight excluding hydrogens is 350 g/mol. The summed E-state index contributed by atoms with van der Waals surface area (Å²) in [7, 11) is -3.27. The Morgan fingerprint density at radius 1 is 1.19 bits per heavy atom. The van der Waals surface area contributed by atoms with Crippen LogP contribution in [0.1, 0.15) is 18.3 Å². The fourth-order valence-electron chi connectivity index (χ4n) is 2.90. The van der Waals surface area contributed by atoms with Crippen LogP contribution in [0.4, 0.5) is 0 Å². The average molecular weight is 369 g/mol. The predicted octanol–water partition coefficient (Wildman–Crippen LogP) is 3.84. The van der Waals surface area contributed by atoms with Crippen molar-refractivity contribution in [1.82, 2.24) is 9.55 Å². The van der Waals surface area contributed by atoms with E-state index in [-0.39, 0.29) is 4.90 Å². The van der Waals surface area contributed by atoms with Crippen molar-refractivity contribution in [3.05, 3.63) is 64.3 Å². The van der Waals surface area contributed by atoms with E-state index in [9.17, 15) is 8.42 Å². The van der Waals surface area contributed by atoms with E-state index in [0.717, 1.165) is 29.0 Å². The quantitative estimate of drug-likeness (QED) is 0.375. The zero-order valence-electron chi connectivity index (χ0n) is 14.6. The number of rotatable bonds is 6. The molecule has 0 spiro atoms. The molecule has 0 bridgehead atoms. The molecule has 0 atom stereocenters. The molecule has 0 unspecified atom stereocenters. The second kappa shape index (κ2) is 7.19. The van der Waals surface area contributed by atoms with Crippen molar-refractivity contribution in [2.24, 2.45) is 5.11 Å². The van der Waals surface area contributed by atoms with Gasteiger partial charge >= 0.3 is 0 Å². The van der Waals surface area contributed by atoms with Gasteiger partial charge in [0.15, 0.2) is 9.84 Å². The van der Waals surface area contributed by atoms with Crippen molar-refractivity contribution in [1.29, 1.82) is 0 Å². The average Bonchev–Trinajstić information content (AvgIpc) is 2.99. The third-order valence-corrected chi connectivity index (χ3v) is 5.31. The van der Waals surface area contributed by atoms with Gasteiger partial charge < -0.3 is 0 Å². The number of sulfone groups is 1. The van der Waals surface area contributed by atoms with Crippen molar-refractivity contribution >= 4 is 20.9 Å². The number of benzene rings is 2. The first-order valence-electron chi connectivity index (χ1n) is 8.25. The minimum absolute atomic E-state index is 0.269. The van der Waals surface area contributed by atoms with Gasteiger partial charge in [0, 0.05) is 29.8 Å². The Hall–Kier alpha value is -2.83. The maximum absolute atomic E-state index is 11.8. The van der Waals surface area contributed by atoms with Gasteiger partial charge in [-0.1, -0.05) is 24.2 Å². The summed E-state index contributed by atoms with van der Waals surface area (Å²) in [6.07, 6.45) is 2.61. The molecule has 0 N–H and O–H groups in total. The molecule has 2 aromatic carbocycles. The summed E-state index contributed by atoms with van der Waals surface area (Å²) in [5.74, 6) is 0.868. The molecule has 0 saturated heterocycles. The first-order chi connectivity index (χ1) is 12.4. The van der Waals surface area contributed by atoms with Gasteiger partial charge in [0.2, 0.25) is 0 Å². The highest BCUT2D eigenvalue weighted by Gasteiger charge is 2.14. The normalized spacial score (nSPS) is 11.5. The molecule has 0 radical (unpaired) electrons. The Bertz CT molecular complexity index is 1090. The van der Waals surface area contributed by atoms with Gasteiger partial charge in [-0.3, -0.25) is 4.57 Å². The molecule has 0 saturated carbocycles. The number of nitrogens with zero attached hydrogens (tertiary/aromatic N) is 5. The lowest BCUT2D eigenvalue weighted by atomic mass is 10.1. The first kappa shape index (κ1) is 18.0. The molecule has 0 amide bonds. The van der Waals surface area contributed by atoms with Gasteiger partial charge in [0.05, 0.1) is 15.9 Å². The number of aromatic nitrogens is 2. The number of azide groups is 1. The largest absolute Gasteiger partial charge is 0.296 e. The van der Waals surface area contributed by atoms with Crippen LogP contribution in [0, 0.1) is 0 Å². The Balaban J connectivity index is 2.05. The van der Waals surface area contributed by atoms with E-state index >= 15 is 0 Å². The van der Waals surface area contributed by atoms with Crippen LogP contribution in [0.25, 0.3) is 27.2 Å². The van der Waals surface area contributed by atoms with E-state index in [1.165, 1.54) is 6.26 Å². The summed E-state index contributed by atoms with van der Waals surface area (Å²) >= 11 is 0. The van der Waals surface area contributed by atoms with Gasteiger partial charge in [-0.05, 0) is 47.8 Å². The molecular formula is C18H19N5O2S. The van der Waals surface area contributed by atoms with E-state index in [1.54, 1.807) is 18.2 Å². The Kier molecular flexibility index (Phi) is 4.97. The molecule has 3 rings (SSSR count). The minimum Gasteiger partial charge on any atom is -0.296 e. The van der Waals surface area contributed by atoms with Gasteiger partial charge in [-0.15, -0.1) is 0 Å². The number of aryl methyl sites for hydroxylation is 1. The third-order valence-electron chi connectivity index (χ3n) is 4.20. The molecule has 0 fully saturated rings. The molecule has 134 valence electrons. The topological polar surface area (TPSA) is 101 Å². The summed E-state index contributed by atoms with van der Waals surface area (Å²) < 4.78 is 25.6. The Labute approximate surface area is 151 Å². The second-order valence-electron chi connectivity index (χ2n) is 6.01. The summed E-state index contributed by atoms with van der Waals surface area (Å²) in [5, 5.41) is 3.55. The lowest BCUT2D eigenvalue weighted by Gasteiger charge is -2.09. The van der Waals surface area contributed by atoms with E-state index in [4.69, 9.17) is 5.53 Å². The van der Waals surface area contributed by atoms with Gasteiger partial charge in [-0.25, -0.2) is 13.4 Å². The third kappa shape index (κ3) is 3.56. The van der Waals surface area contributed by atoms with Crippen molar-refractivity contribution < 1.29 is 8.42 Å². The van der Waals surface area contributed by atoms with Gasteiger partial charge in [0.1, 0.15) is 5.82 Å². The SMILES string of the molecule is CCc1nc2cc(S(C)(=O)=O)ccc2n1-c1ccc(CCN=[N+]=[N-])cc1. The smallest absolute Gasteiger partial charge is 0.175 e. The molecule has 8 heteroatoms. The molecule has 0 aliphatic heterocycles. The minimum atomic E-state index is -3.27. The summed E-state index contributed by atoms with van der Waals surface area (Å²) in [5.41, 5.74) is 11.9. The summed E-state index contributed by atoms with van der Waals surface area (Å²) in [4.78, 5) is 7.64. The first-order valence-corrected chi connectivity index (χ1v) is 10.1. The molecule has 0 aliphatic carbocycles. The molecule has 0 aliphatic rings. The van der Waals surface area contributed by atoms with Crippen LogP contribution < -0.4 is 0 Å². The van der Waals surface area contributed by atoms with Crippen molar-refractivity contribution in [2.75, 3.05) is 12.8 Å². The van der Waals surface area contributed by atoms with Gasteiger partial charge in [0.25, 0.3) is 0 Å². The number of hydrogen-bond donors (Lipinski definition) is 0. The van der Waals surface area contributed by atoms with E-state index in [2.05, 4.69) is 15.0 Å². The fraction of sp³-hybridized carbons (Fsp3) is 0.278.